The quantitative estimate of drug-likeness (QED) is 0.726. The van der Waals surface area contributed by atoms with E-state index in [0.717, 1.165) is 19.3 Å². The molecule has 0 radical (unpaired) electrons. The first-order valence-corrected chi connectivity index (χ1v) is 7.19. The Morgan fingerprint density at radius 3 is 2.81 bits per heavy atom. The van der Waals surface area contributed by atoms with Gasteiger partial charge in [0.05, 0.1) is 18.2 Å². The third-order valence-electron chi connectivity index (χ3n) is 3.72. The van der Waals surface area contributed by atoms with Crippen LogP contribution in [0, 0.1) is 5.92 Å². The molecule has 21 heavy (non-hydrogen) atoms. The van der Waals surface area contributed by atoms with Gasteiger partial charge in [-0.25, -0.2) is 14.8 Å². The van der Waals surface area contributed by atoms with Gasteiger partial charge < -0.3 is 15.7 Å². The molecule has 1 aromatic heterocycles. The number of aliphatic carboxylic acids is 1. The average Bonchev–Trinajstić information content (AvgIpc) is 2.72. The van der Waals surface area contributed by atoms with Crippen molar-refractivity contribution in [3.63, 3.8) is 0 Å². The number of urea groups is 1. The second-order valence-electron chi connectivity index (χ2n) is 5.22. The van der Waals surface area contributed by atoms with Gasteiger partial charge in [-0.05, 0) is 18.9 Å². The molecule has 2 atom stereocenters. The lowest BCUT2D eigenvalue weighted by Gasteiger charge is -2.22. The van der Waals surface area contributed by atoms with Crippen LogP contribution >= 0.6 is 0 Å². The Bertz CT molecular complexity index is 480. The summed E-state index contributed by atoms with van der Waals surface area (Å²) in [6.45, 7) is 0.290. The Labute approximate surface area is 123 Å². The van der Waals surface area contributed by atoms with Crippen LogP contribution in [-0.4, -0.2) is 33.1 Å². The van der Waals surface area contributed by atoms with Crippen molar-refractivity contribution in [1.82, 2.24) is 20.6 Å². The van der Waals surface area contributed by atoms with Crippen LogP contribution in [0.3, 0.4) is 0 Å². The molecule has 1 saturated carbocycles. The fraction of sp³-hybridized carbons (Fsp3) is 0.571. The molecule has 0 aliphatic heterocycles. The van der Waals surface area contributed by atoms with E-state index < -0.39 is 11.9 Å². The summed E-state index contributed by atoms with van der Waals surface area (Å²) in [5.41, 5.74) is 0.704. The molecular formula is C14H20N4O3. The molecule has 2 amide bonds. The van der Waals surface area contributed by atoms with Crippen molar-refractivity contribution in [3.8, 4) is 0 Å². The van der Waals surface area contributed by atoms with Gasteiger partial charge in [0.1, 0.15) is 6.33 Å². The molecule has 114 valence electrons. The van der Waals surface area contributed by atoms with Gasteiger partial charge in [-0.3, -0.25) is 4.79 Å². The summed E-state index contributed by atoms with van der Waals surface area (Å²) in [5.74, 6) is -1.34. The van der Waals surface area contributed by atoms with Crippen molar-refractivity contribution in [3.05, 3.63) is 24.3 Å². The minimum Gasteiger partial charge on any atom is -0.481 e. The van der Waals surface area contributed by atoms with Gasteiger partial charge in [-0.15, -0.1) is 0 Å². The number of hydrogen-bond acceptors (Lipinski definition) is 4. The number of amides is 2. The van der Waals surface area contributed by atoms with E-state index >= 15 is 0 Å². The lowest BCUT2D eigenvalue weighted by molar-refractivity contribution is -0.142. The first-order valence-electron chi connectivity index (χ1n) is 7.19. The molecule has 3 N–H and O–H groups in total. The van der Waals surface area contributed by atoms with Crippen LogP contribution in [0.4, 0.5) is 4.79 Å². The first-order chi connectivity index (χ1) is 10.2. The van der Waals surface area contributed by atoms with Crippen molar-refractivity contribution in [2.45, 2.75) is 44.7 Å². The van der Waals surface area contributed by atoms with E-state index in [1.165, 1.54) is 6.33 Å². The lowest BCUT2D eigenvalue weighted by Crippen LogP contribution is -2.47. The molecule has 0 spiro atoms. The zero-order chi connectivity index (χ0) is 15.1. The lowest BCUT2D eigenvalue weighted by atomic mass is 9.95. The van der Waals surface area contributed by atoms with Gasteiger partial charge in [0, 0.05) is 12.2 Å². The highest BCUT2D eigenvalue weighted by Gasteiger charge is 2.30. The first kappa shape index (κ1) is 15.2. The maximum atomic E-state index is 11.9. The molecular weight excluding hydrogens is 272 g/mol. The number of nitrogens with zero attached hydrogens (tertiary/aromatic N) is 2. The van der Waals surface area contributed by atoms with Crippen LogP contribution < -0.4 is 10.6 Å². The summed E-state index contributed by atoms with van der Waals surface area (Å²) < 4.78 is 0. The van der Waals surface area contributed by atoms with Gasteiger partial charge in [0.15, 0.2) is 0 Å². The number of hydrogen-bond donors (Lipinski definition) is 3. The summed E-state index contributed by atoms with van der Waals surface area (Å²) in [4.78, 5) is 31.0. The maximum absolute atomic E-state index is 11.9. The minimum absolute atomic E-state index is 0.290. The van der Waals surface area contributed by atoms with Crippen molar-refractivity contribution in [2.75, 3.05) is 0 Å². The minimum atomic E-state index is -0.835. The smallest absolute Gasteiger partial charge is 0.315 e. The van der Waals surface area contributed by atoms with E-state index in [4.69, 9.17) is 0 Å². The second-order valence-corrected chi connectivity index (χ2v) is 5.22. The van der Waals surface area contributed by atoms with Crippen LogP contribution in [0.1, 0.15) is 37.8 Å². The molecule has 7 nitrogen and oxygen atoms in total. The number of carboxylic acid groups (broad SMARTS) is 1. The van der Waals surface area contributed by atoms with E-state index in [-0.39, 0.29) is 12.1 Å². The van der Waals surface area contributed by atoms with Crippen molar-refractivity contribution >= 4 is 12.0 Å². The maximum Gasteiger partial charge on any atom is 0.315 e. The molecule has 2 unspecified atom stereocenters. The number of nitrogens with one attached hydrogen (secondary N) is 2. The Morgan fingerprint density at radius 2 is 2.10 bits per heavy atom. The standard InChI is InChI=1S/C14H20N4O3/c19-13(20)11-4-2-1-3-5-12(11)18-14(21)16-8-10-6-7-15-9-17-10/h6-7,9,11-12H,1-5,8H2,(H,19,20)(H2,16,18,21). The largest absolute Gasteiger partial charge is 0.481 e. The number of carboxylic acids is 1. The third-order valence-corrected chi connectivity index (χ3v) is 3.72. The van der Waals surface area contributed by atoms with Gasteiger partial charge >= 0.3 is 12.0 Å². The van der Waals surface area contributed by atoms with Crippen LogP contribution in [0.5, 0.6) is 0 Å². The van der Waals surface area contributed by atoms with Gasteiger partial charge in [-0.2, -0.15) is 0 Å². The zero-order valence-electron chi connectivity index (χ0n) is 11.8. The van der Waals surface area contributed by atoms with Crippen LogP contribution in [-0.2, 0) is 11.3 Å². The van der Waals surface area contributed by atoms with E-state index in [0.29, 0.717) is 25.1 Å². The summed E-state index contributed by atoms with van der Waals surface area (Å²) in [6.07, 6.45) is 7.21. The Kier molecular flexibility index (Phi) is 5.48. The highest BCUT2D eigenvalue weighted by atomic mass is 16.4. The normalized spacial score (nSPS) is 22.1. The molecule has 0 bridgehead atoms. The number of rotatable bonds is 4. The topological polar surface area (TPSA) is 104 Å². The average molecular weight is 292 g/mol. The van der Waals surface area contributed by atoms with E-state index in [9.17, 15) is 14.7 Å². The summed E-state index contributed by atoms with van der Waals surface area (Å²) in [7, 11) is 0. The van der Waals surface area contributed by atoms with Gasteiger partial charge in [-0.1, -0.05) is 19.3 Å². The Morgan fingerprint density at radius 1 is 1.29 bits per heavy atom. The highest BCUT2D eigenvalue weighted by molar-refractivity contribution is 5.76. The summed E-state index contributed by atoms with van der Waals surface area (Å²) in [5, 5.41) is 14.7. The van der Waals surface area contributed by atoms with E-state index in [1.54, 1.807) is 12.3 Å². The van der Waals surface area contributed by atoms with Crippen molar-refractivity contribution in [2.24, 2.45) is 5.92 Å². The second kappa shape index (κ2) is 7.56. The molecule has 1 heterocycles. The van der Waals surface area contributed by atoms with Crippen molar-refractivity contribution < 1.29 is 14.7 Å². The number of aromatic nitrogens is 2. The predicted octanol–water partition coefficient (Wildman–Crippen LogP) is 1.31. The Hall–Kier alpha value is -2.18. The van der Waals surface area contributed by atoms with Crippen molar-refractivity contribution in [1.29, 1.82) is 0 Å². The SMILES string of the molecule is O=C(NCc1ccncn1)NC1CCCCCC1C(=O)O. The fourth-order valence-corrected chi connectivity index (χ4v) is 2.59. The predicted molar refractivity (Wildman–Crippen MR) is 75.4 cm³/mol. The van der Waals surface area contributed by atoms with Gasteiger partial charge in [0.2, 0.25) is 0 Å². The Balaban J connectivity index is 1.86. The van der Waals surface area contributed by atoms with E-state index in [2.05, 4.69) is 20.6 Å². The number of carbonyl (C=O) groups excluding carboxylic acids is 1. The molecule has 2 rings (SSSR count). The molecule has 1 aliphatic rings. The van der Waals surface area contributed by atoms with E-state index in [1.807, 2.05) is 0 Å². The zero-order valence-corrected chi connectivity index (χ0v) is 11.8. The van der Waals surface area contributed by atoms with Crippen LogP contribution in [0.25, 0.3) is 0 Å². The molecule has 1 fully saturated rings. The van der Waals surface area contributed by atoms with Crippen LogP contribution in [0.15, 0.2) is 18.6 Å². The molecule has 0 aromatic carbocycles. The van der Waals surface area contributed by atoms with Gasteiger partial charge in [0.25, 0.3) is 0 Å². The summed E-state index contributed by atoms with van der Waals surface area (Å²) >= 11 is 0. The molecule has 0 saturated heterocycles. The van der Waals surface area contributed by atoms with Crippen LogP contribution in [0.2, 0.25) is 0 Å². The third kappa shape index (κ3) is 4.70. The summed E-state index contributed by atoms with van der Waals surface area (Å²) in [6, 6.07) is 1.05. The molecule has 1 aromatic rings. The monoisotopic (exact) mass is 292 g/mol. The fourth-order valence-electron chi connectivity index (χ4n) is 2.59. The molecule has 7 heteroatoms. The highest BCUT2D eigenvalue weighted by Crippen LogP contribution is 2.23. The number of carbonyl (C=O) groups is 2. The molecule has 1 aliphatic carbocycles.